The number of nitrogens with one attached hydrogen (secondary N) is 1. The summed E-state index contributed by atoms with van der Waals surface area (Å²) < 4.78 is 5.55. The van der Waals surface area contributed by atoms with Crippen LogP contribution in [0.3, 0.4) is 0 Å². The second-order valence-corrected chi connectivity index (χ2v) is 2.88. The highest BCUT2D eigenvalue weighted by Gasteiger charge is 2.06. The Morgan fingerprint density at radius 2 is 2.33 bits per heavy atom. The monoisotopic (exact) mass is 228 g/mol. The fourth-order valence-electron chi connectivity index (χ4n) is 0.872. The lowest BCUT2D eigenvalue weighted by atomic mass is 10.4. The van der Waals surface area contributed by atoms with E-state index in [1.807, 2.05) is 0 Å². The zero-order valence-electron chi connectivity index (χ0n) is 6.21. The molecule has 0 unspecified atom stereocenters. The summed E-state index contributed by atoms with van der Waals surface area (Å²) in [5, 5.41) is 7.39. The molecule has 0 saturated heterocycles. The molecule has 0 saturated carbocycles. The van der Waals surface area contributed by atoms with Crippen molar-refractivity contribution in [3.63, 3.8) is 0 Å². The minimum atomic E-state index is 0.318. The first-order valence-corrected chi connectivity index (χ1v) is 4.01. The number of aromatic nitrogens is 4. The molecule has 0 atom stereocenters. The van der Waals surface area contributed by atoms with Crippen LogP contribution >= 0.6 is 15.9 Å². The predicted molar refractivity (Wildman–Crippen MR) is 45.9 cm³/mol. The predicted octanol–water partition coefficient (Wildman–Crippen LogP) is 1.12. The molecule has 62 valence electrons. The number of aromatic amines is 1. The van der Waals surface area contributed by atoms with Crippen LogP contribution in [0.4, 0.5) is 0 Å². The van der Waals surface area contributed by atoms with Crippen molar-refractivity contribution in [1.29, 1.82) is 0 Å². The number of ether oxygens (including phenoxy) is 1. The molecule has 2 rings (SSSR count). The van der Waals surface area contributed by atoms with Gasteiger partial charge in [0.15, 0.2) is 5.65 Å². The van der Waals surface area contributed by atoms with Crippen molar-refractivity contribution >= 4 is 27.0 Å². The van der Waals surface area contributed by atoms with Crippen molar-refractivity contribution in [3.8, 4) is 6.01 Å². The SMILES string of the molecule is COc1nc(Br)c2cn[nH]c2n1. The second-order valence-electron chi connectivity index (χ2n) is 2.13. The van der Waals surface area contributed by atoms with E-state index in [1.165, 1.54) is 7.11 Å². The molecule has 6 heteroatoms. The lowest BCUT2D eigenvalue weighted by Gasteiger charge is -1.97. The molecule has 0 amide bonds. The first kappa shape index (κ1) is 7.48. The molecular formula is C6H5BrN4O. The van der Waals surface area contributed by atoms with Gasteiger partial charge in [-0.15, -0.1) is 0 Å². The van der Waals surface area contributed by atoms with Gasteiger partial charge >= 0.3 is 6.01 Å². The van der Waals surface area contributed by atoms with Crippen LogP contribution in [0, 0.1) is 0 Å². The van der Waals surface area contributed by atoms with Crippen molar-refractivity contribution in [3.05, 3.63) is 10.8 Å². The van der Waals surface area contributed by atoms with Crippen molar-refractivity contribution in [2.24, 2.45) is 0 Å². The molecule has 0 aliphatic rings. The van der Waals surface area contributed by atoms with Gasteiger partial charge in [-0.25, -0.2) is 0 Å². The summed E-state index contributed by atoms with van der Waals surface area (Å²) in [7, 11) is 1.52. The minimum absolute atomic E-state index is 0.318. The van der Waals surface area contributed by atoms with Crippen LogP contribution in [-0.2, 0) is 0 Å². The molecule has 5 nitrogen and oxygen atoms in total. The number of halogens is 1. The second kappa shape index (κ2) is 2.71. The van der Waals surface area contributed by atoms with Crippen molar-refractivity contribution < 1.29 is 4.74 Å². The Bertz CT molecular complexity index is 413. The van der Waals surface area contributed by atoms with Gasteiger partial charge in [0.05, 0.1) is 18.7 Å². The molecule has 2 heterocycles. The third kappa shape index (κ3) is 1.04. The normalized spacial score (nSPS) is 10.5. The maximum atomic E-state index is 4.87. The summed E-state index contributed by atoms with van der Waals surface area (Å²) >= 11 is 3.28. The van der Waals surface area contributed by atoms with Crippen LogP contribution in [0.5, 0.6) is 6.01 Å². The van der Waals surface area contributed by atoms with E-state index in [4.69, 9.17) is 4.74 Å². The molecule has 2 aromatic heterocycles. The molecule has 0 aliphatic carbocycles. The van der Waals surface area contributed by atoms with Gasteiger partial charge < -0.3 is 4.74 Å². The van der Waals surface area contributed by atoms with Crippen molar-refractivity contribution in [2.75, 3.05) is 7.11 Å². The third-order valence-corrected chi connectivity index (χ3v) is 2.03. The van der Waals surface area contributed by atoms with Gasteiger partial charge in [-0.2, -0.15) is 15.1 Å². The van der Waals surface area contributed by atoms with Gasteiger partial charge in [0.1, 0.15) is 4.60 Å². The summed E-state index contributed by atoms with van der Waals surface area (Å²) in [6, 6.07) is 0.318. The van der Waals surface area contributed by atoms with Crippen molar-refractivity contribution in [1.82, 2.24) is 20.2 Å². The van der Waals surface area contributed by atoms with Gasteiger partial charge in [-0.1, -0.05) is 0 Å². The minimum Gasteiger partial charge on any atom is -0.467 e. The molecule has 0 aliphatic heterocycles. The number of fused-ring (bicyclic) bond motifs is 1. The van der Waals surface area contributed by atoms with Gasteiger partial charge in [0.25, 0.3) is 0 Å². The Labute approximate surface area is 76.3 Å². The number of H-pyrrole nitrogens is 1. The average molecular weight is 229 g/mol. The van der Waals surface area contributed by atoms with Crippen LogP contribution < -0.4 is 4.74 Å². The molecule has 1 N–H and O–H groups in total. The molecule has 0 radical (unpaired) electrons. The quantitative estimate of drug-likeness (QED) is 0.744. The zero-order valence-corrected chi connectivity index (χ0v) is 7.79. The van der Waals surface area contributed by atoms with E-state index in [9.17, 15) is 0 Å². The maximum absolute atomic E-state index is 4.87. The Kier molecular flexibility index (Phi) is 1.69. The van der Waals surface area contributed by atoms with Gasteiger partial charge in [0, 0.05) is 0 Å². The number of hydrogen-bond donors (Lipinski definition) is 1. The molecule has 0 spiro atoms. The van der Waals surface area contributed by atoms with Crippen molar-refractivity contribution in [2.45, 2.75) is 0 Å². The van der Waals surface area contributed by atoms with E-state index in [2.05, 4.69) is 36.1 Å². The standard InChI is InChI=1S/C6H5BrN4O/c1-12-6-9-4(7)3-2-8-11-5(3)10-6/h2H,1H3,(H,8,9,10,11). The van der Waals surface area contributed by atoms with E-state index >= 15 is 0 Å². The lowest BCUT2D eigenvalue weighted by molar-refractivity contribution is 0.380. The topological polar surface area (TPSA) is 63.7 Å². The van der Waals surface area contributed by atoms with Crippen LogP contribution in [0.1, 0.15) is 0 Å². The zero-order chi connectivity index (χ0) is 8.55. The molecule has 2 aromatic rings. The summed E-state index contributed by atoms with van der Waals surface area (Å²) in [6.07, 6.45) is 1.65. The number of hydrogen-bond acceptors (Lipinski definition) is 4. The lowest BCUT2D eigenvalue weighted by Crippen LogP contribution is -1.92. The summed E-state index contributed by atoms with van der Waals surface area (Å²) in [6.45, 7) is 0. The Balaban J connectivity index is 2.75. The van der Waals surface area contributed by atoms with E-state index < -0.39 is 0 Å². The first-order chi connectivity index (χ1) is 5.81. The molecule has 0 aromatic carbocycles. The summed E-state index contributed by atoms with van der Waals surface area (Å²) in [5.41, 5.74) is 0.661. The average Bonchev–Trinajstić information content (AvgIpc) is 2.52. The molecule has 0 bridgehead atoms. The third-order valence-electron chi connectivity index (χ3n) is 1.43. The van der Waals surface area contributed by atoms with Crippen LogP contribution in [-0.4, -0.2) is 27.3 Å². The first-order valence-electron chi connectivity index (χ1n) is 3.22. The van der Waals surface area contributed by atoms with E-state index in [0.29, 0.717) is 16.3 Å². The Morgan fingerprint density at radius 1 is 1.50 bits per heavy atom. The number of rotatable bonds is 1. The van der Waals surface area contributed by atoms with Gasteiger partial charge in [-0.05, 0) is 15.9 Å². The molecule has 12 heavy (non-hydrogen) atoms. The van der Waals surface area contributed by atoms with E-state index in [-0.39, 0.29) is 0 Å². The number of methoxy groups -OCH3 is 1. The molecular weight excluding hydrogens is 224 g/mol. The highest BCUT2D eigenvalue weighted by molar-refractivity contribution is 9.10. The highest BCUT2D eigenvalue weighted by atomic mass is 79.9. The summed E-state index contributed by atoms with van der Waals surface area (Å²) in [4.78, 5) is 8.05. The Hall–Kier alpha value is -1.17. The maximum Gasteiger partial charge on any atom is 0.319 e. The molecule has 0 fully saturated rings. The summed E-state index contributed by atoms with van der Waals surface area (Å²) in [5.74, 6) is 0. The highest BCUT2D eigenvalue weighted by Crippen LogP contribution is 2.20. The van der Waals surface area contributed by atoms with Crippen LogP contribution in [0.15, 0.2) is 10.8 Å². The smallest absolute Gasteiger partial charge is 0.319 e. The van der Waals surface area contributed by atoms with E-state index in [0.717, 1.165) is 5.39 Å². The fourth-order valence-corrected chi connectivity index (χ4v) is 1.31. The van der Waals surface area contributed by atoms with Gasteiger partial charge in [0.2, 0.25) is 0 Å². The van der Waals surface area contributed by atoms with E-state index in [1.54, 1.807) is 6.20 Å². The fraction of sp³-hybridized carbons (Fsp3) is 0.167. The van der Waals surface area contributed by atoms with Crippen LogP contribution in [0.25, 0.3) is 11.0 Å². The number of nitrogens with zero attached hydrogens (tertiary/aromatic N) is 3. The van der Waals surface area contributed by atoms with Gasteiger partial charge in [-0.3, -0.25) is 5.10 Å². The largest absolute Gasteiger partial charge is 0.467 e. The Morgan fingerprint density at radius 3 is 3.08 bits per heavy atom. The van der Waals surface area contributed by atoms with Crippen LogP contribution in [0.2, 0.25) is 0 Å².